The maximum atomic E-state index is 2.27. The van der Waals surface area contributed by atoms with Crippen LogP contribution in [0, 0.1) is 0 Å². The quantitative estimate of drug-likeness (QED) is 0.631. The molecule has 0 N–H and O–H groups in total. The molecule has 0 heterocycles. The third-order valence-electron chi connectivity index (χ3n) is 2.54. The van der Waals surface area contributed by atoms with E-state index < -0.39 is 0 Å². The second-order valence-electron chi connectivity index (χ2n) is 4.75. The van der Waals surface area contributed by atoms with Crippen LogP contribution in [0.2, 0.25) is 0 Å². The fraction of sp³-hybridized carbons (Fsp3) is 0.176. The Morgan fingerprint density at radius 2 is 1.32 bits per heavy atom. The van der Waals surface area contributed by atoms with Gasteiger partial charge < -0.3 is 0 Å². The normalized spacial score (nSPS) is 11.9. The minimum absolute atomic E-state index is 0.100. The minimum atomic E-state index is 0.100. The summed E-state index contributed by atoms with van der Waals surface area (Å²) in [6.45, 7) is 4.49. The maximum absolute atomic E-state index is 2.27. The average Bonchev–Trinajstić information content (AvgIpc) is 2.40. The zero-order valence-electron chi connectivity index (χ0n) is 11.2. The van der Waals surface area contributed by atoms with Gasteiger partial charge in [-0.15, -0.1) is 11.8 Å². The molecule has 98 valence electrons. The lowest BCUT2D eigenvalue weighted by atomic mass is 10.2. The van der Waals surface area contributed by atoms with Crippen molar-refractivity contribution in [3.8, 4) is 0 Å². The van der Waals surface area contributed by atoms with Gasteiger partial charge in [-0.05, 0) is 43.5 Å². The van der Waals surface area contributed by atoms with E-state index in [1.54, 1.807) is 11.8 Å². The second-order valence-corrected chi connectivity index (χ2v) is 7.46. The highest BCUT2D eigenvalue weighted by molar-refractivity contribution is 8.02. The molecule has 0 atom stereocenters. The number of hydrogen-bond donors (Lipinski definition) is 0. The molecule has 0 aromatic heterocycles. The van der Waals surface area contributed by atoms with E-state index in [1.165, 1.54) is 9.79 Å². The van der Waals surface area contributed by atoms with E-state index in [-0.39, 0.29) is 4.75 Å². The van der Waals surface area contributed by atoms with Gasteiger partial charge in [-0.25, -0.2) is 0 Å². The van der Waals surface area contributed by atoms with Crippen LogP contribution in [0.15, 0.2) is 81.9 Å². The molecule has 2 aromatic rings. The molecule has 0 unspecified atom stereocenters. The molecule has 0 amide bonds. The summed E-state index contributed by atoms with van der Waals surface area (Å²) >= 11 is 3.64. The minimum Gasteiger partial charge on any atom is -0.116 e. The van der Waals surface area contributed by atoms with Gasteiger partial charge in [0, 0.05) is 14.5 Å². The molecule has 0 saturated carbocycles. The van der Waals surface area contributed by atoms with Crippen molar-refractivity contribution in [2.45, 2.75) is 28.4 Å². The van der Waals surface area contributed by atoms with Crippen molar-refractivity contribution in [1.82, 2.24) is 0 Å². The van der Waals surface area contributed by atoms with Crippen molar-refractivity contribution in [2.75, 3.05) is 0 Å². The molecule has 0 aliphatic heterocycles. The zero-order valence-corrected chi connectivity index (χ0v) is 12.9. The first-order valence-corrected chi connectivity index (χ1v) is 7.99. The van der Waals surface area contributed by atoms with Gasteiger partial charge in [0.1, 0.15) is 0 Å². The Balaban J connectivity index is 1.93. The molecule has 0 aliphatic carbocycles. The van der Waals surface area contributed by atoms with Crippen LogP contribution < -0.4 is 0 Å². The van der Waals surface area contributed by atoms with Crippen molar-refractivity contribution < 1.29 is 0 Å². The third-order valence-corrected chi connectivity index (χ3v) is 4.53. The Kier molecular flexibility index (Phi) is 5.17. The topological polar surface area (TPSA) is 0 Å². The van der Waals surface area contributed by atoms with Crippen LogP contribution in [0.5, 0.6) is 0 Å². The van der Waals surface area contributed by atoms with Gasteiger partial charge in [-0.1, -0.05) is 54.2 Å². The summed E-state index contributed by atoms with van der Waals surface area (Å²) in [7, 11) is 0. The fourth-order valence-corrected chi connectivity index (χ4v) is 3.60. The average molecular weight is 286 g/mol. The lowest BCUT2D eigenvalue weighted by Gasteiger charge is -2.19. The predicted octanol–water partition coefficient (Wildman–Crippen LogP) is 5.86. The van der Waals surface area contributed by atoms with Gasteiger partial charge in [0.05, 0.1) is 0 Å². The van der Waals surface area contributed by atoms with Gasteiger partial charge in [-0.3, -0.25) is 0 Å². The number of rotatable bonds is 5. The highest BCUT2D eigenvalue weighted by atomic mass is 32.2. The smallest absolute Gasteiger partial charge is 0.0337 e. The van der Waals surface area contributed by atoms with Crippen LogP contribution in [0.25, 0.3) is 0 Å². The molecule has 0 aliphatic rings. The monoisotopic (exact) mass is 286 g/mol. The first kappa shape index (κ1) is 14.3. The van der Waals surface area contributed by atoms with Crippen LogP contribution in [0.4, 0.5) is 0 Å². The van der Waals surface area contributed by atoms with E-state index >= 15 is 0 Å². The highest BCUT2D eigenvalue weighted by Gasteiger charge is 2.15. The Morgan fingerprint density at radius 1 is 0.789 bits per heavy atom. The van der Waals surface area contributed by atoms with Crippen LogP contribution in [0.1, 0.15) is 13.8 Å². The molecule has 0 fully saturated rings. The SMILES string of the molecule is CC(C)(C=CSc1ccccc1)Sc1ccccc1. The molecule has 2 rings (SSSR count). The summed E-state index contributed by atoms with van der Waals surface area (Å²) in [6.07, 6.45) is 2.27. The predicted molar refractivity (Wildman–Crippen MR) is 87.8 cm³/mol. The van der Waals surface area contributed by atoms with Crippen LogP contribution in [-0.4, -0.2) is 4.75 Å². The summed E-state index contributed by atoms with van der Waals surface area (Å²) < 4.78 is 0.100. The molecular formula is C17H18S2. The highest BCUT2D eigenvalue weighted by Crippen LogP contribution is 2.34. The molecule has 2 heteroatoms. The van der Waals surface area contributed by atoms with Crippen molar-refractivity contribution >= 4 is 23.5 Å². The van der Waals surface area contributed by atoms with E-state index in [2.05, 4.69) is 79.9 Å². The van der Waals surface area contributed by atoms with E-state index in [0.29, 0.717) is 0 Å². The van der Waals surface area contributed by atoms with Crippen molar-refractivity contribution in [3.05, 3.63) is 72.1 Å². The summed E-state index contributed by atoms with van der Waals surface area (Å²) in [6, 6.07) is 21.0. The van der Waals surface area contributed by atoms with Crippen LogP contribution in [-0.2, 0) is 0 Å². The van der Waals surface area contributed by atoms with Gasteiger partial charge in [0.15, 0.2) is 0 Å². The summed E-state index contributed by atoms with van der Waals surface area (Å²) in [5.41, 5.74) is 0. The molecule has 0 radical (unpaired) electrons. The van der Waals surface area contributed by atoms with Crippen molar-refractivity contribution in [2.24, 2.45) is 0 Å². The van der Waals surface area contributed by atoms with Crippen molar-refractivity contribution in [1.29, 1.82) is 0 Å². The zero-order chi connectivity index (χ0) is 13.6. The fourth-order valence-electron chi connectivity index (χ4n) is 1.60. The number of hydrogen-bond acceptors (Lipinski definition) is 2. The Labute approximate surface area is 124 Å². The Bertz CT molecular complexity index is 515. The summed E-state index contributed by atoms with van der Waals surface area (Å²) in [5, 5.41) is 2.19. The molecular weight excluding hydrogens is 268 g/mol. The molecule has 19 heavy (non-hydrogen) atoms. The standard InChI is InChI=1S/C17H18S2/c1-17(2,19-16-11-7-4-8-12-16)13-14-18-15-9-5-3-6-10-15/h3-14H,1-2H3. The van der Waals surface area contributed by atoms with Gasteiger partial charge in [0.2, 0.25) is 0 Å². The maximum Gasteiger partial charge on any atom is 0.0337 e. The van der Waals surface area contributed by atoms with Crippen LogP contribution in [0.3, 0.4) is 0 Å². The first-order chi connectivity index (χ1) is 9.16. The van der Waals surface area contributed by atoms with Crippen LogP contribution >= 0.6 is 23.5 Å². The summed E-state index contributed by atoms with van der Waals surface area (Å²) in [5.74, 6) is 0. The van der Waals surface area contributed by atoms with E-state index in [1.807, 2.05) is 17.8 Å². The first-order valence-electron chi connectivity index (χ1n) is 6.29. The molecule has 0 spiro atoms. The van der Waals surface area contributed by atoms with E-state index in [9.17, 15) is 0 Å². The van der Waals surface area contributed by atoms with E-state index in [0.717, 1.165) is 0 Å². The van der Waals surface area contributed by atoms with Gasteiger partial charge >= 0.3 is 0 Å². The molecule has 2 aromatic carbocycles. The Morgan fingerprint density at radius 3 is 1.89 bits per heavy atom. The third kappa shape index (κ3) is 5.17. The second kappa shape index (κ2) is 6.88. The molecule has 0 saturated heterocycles. The summed E-state index contributed by atoms with van der Waals surface area (Å²) in [4.78, 5) is 2.58. The Hall–Kier alpha value is -1.12. The largest absolute Gasteiger partial charge is 0.116 e. The van der Waals surface area contributed by atoms with Crippen molar-refractivity contribution in [3.63, 3.8) is 0 Å². The van der Waals surface area contributed by atoms with E-state index in [4.69, 9.17) is 0 Å². The number of benzene rings is 2. The lowest BCUT2D eigenvalue weighted by molar-refractivity contribution is 0.899. The number of thioether (sulfide) groups is 2. The van der Waals surface area contributed by atoms with Gasteiger partial charge in [0.25, 0.3) is 0 Å². The lowest BCUT2D eigenvalue weighted by Crippen LogP contribution is -2.09. The molecule has 0 bridgehead atoms. The molecule has 0 nitrogen and oxygen atoms in total. The van der Waals surface area contributed by atoms with Gasteiger partial charge in [-0.2, -0.15) is 0 Å².